The fourth-order valence-corrected chi connectivity index (χ4v) is 1.67. The van der Waals surface area contributed by atoms with E-state index in [1.54, 1.807) is 0 Å². The van der Waals surface area contributed by atoms with Crippen LogP contribution in [-0.2, 0) is 9.59 Å². The van der Waals surface area contributed by atoms with Crippen molar-refractivity contribution in [3.63, 3.8) is 0 Å². The SMILES string of the molecule is CC(C)(CC(=O)Nc1ccc(C(=O)NCC(=O)O)cc1)C(F)(F)F. The van der Waals surface area contributed by atoms with Gasteiger partial charge in [0.25, 0.3) is 5.91 Å². The molecule has 0 saturated carbocycles. The van der Waals surface area contributed by atoms with Crippen molar-refractivity contribution < 1.29 is 32.7 Å². The van der Waals surface area contributed by atoms with Gasteiger partial charge in [-0.15, -0.1) is 0 Å². The molecule has 24 heavy (non-hydrogen) atoms. The lowest BCUT2D eigenvalue weighted by atomic mass is 9.88. The van der Waals surface area contributed by atoms with E-state index < -0.39 is 42.3 Å². The number of carboxylic acids is 1. The molecule has 0 spiro atoms. The predicted molar refractivity (Wildman–Crippen MR) is 79.5 cm³/mol. The normalized spacial score (nSPS) is 11.7. The van der Waals surface area contributed by atoms with Crippen LogP contribution in [0, 0.1) is 5.41 Å². The summed E-state index contributed by atoms with van der Waals surface area (Å²) in [5.74, 6) is -2.62. The third-order valence-corrected chi connectivity index (χ3v) is 3.20. The monoisotopic (exact) mass is 346 g/mol. The molecule has 0 fully saturated rings. The summed E-state index contributed by atoms with van der Waals surface area (Å²) in [6, 6.07) is 5.33. The highest BCUT2D eigenvalue weighted by molar-refractivity contribution is 5.97. The molecule has 0 aromatic heterocycles. The van der Waals surface area contributed by atoms with E-state index in [0.717, 1.165) is 13.8 Å². The highest BCUT2D eigenvalue weighted by Crippen LogP contribution is 2.40. The fraction of sp³-hybridized carbons (Fsp3) is 0.400. The second-order valence-corrected chi connectivity index (χ2v) is 5.76. The number of nitrogens with one attached hydrogen (secondary N) is 2. The summed E-state index contributed by atoms with van der Waals surface area (Å²) in [7, 11) is 0. The molecule has 0 aliphatic heterocycles. The number of rotatable bonds is 6. The molecule has 0 aliphatic rings. The molecule has 1 aromatic rings. The van der Waals surface area contributed by atoms with Crippen molar-refractivity contribution in [3.8, 4) is 0 Å². The molecule has 1 rings (SSSR count). The third kappa shape index (κ3) is 5.56. The van der Waals surface area contributed by atoms with Crippen LogP contribution < -0.4 is 10.6 Å². The van der Waals surface area contributed by atoms with E-state index >= 15 is 0 Å². The zero-order valence-corrected chi connectivity index (χ0v) is 13.0. The lowest BCUT2D eigenvalue weighted by Crippen LogP contribution is -2.35. The zero-order chi connectivity index (χ0) is 18.5. The highest BCUT2D eigenvalue weighted by atomic mass is 19.4. The molecule has 1 aromatic carbocycles. The number of hydrogen-bond donors (Lipinski definition) is 3. The molecule has 0 atom stereocenters. The van der Waals surface area contributed by atoms with Crippen LogP contribution in [0.3, 0.4) is 0 Å². The summed E-state index contributed by atoms with van der Waals surface area (Å²) in [6.45, 7) is 1.33. The van der Waals surface area contributed by atoms with Gasteiger partial charge in [0.1, 0.15) is 6.54 Å². The van der Waals surface area contributed by atoms with Crippen molar-refractivity contribution in [2.24, 2.45) is 5.41 Å². The molecule has 6 nitrogen and oxygen atoms in total. The van der Waals surface area contributed by atoms with Gasteiger partial charge in [0.15, 0.2) is 0 Å². The van der Waals surface area contributed by atoms with Gasteiger partial charge in [-0.2, -0.15) is 13.2 Å². The molecule has 0 saturated heterocycles. The summed E-state index contributed by atoms with van der Waals surface area (Å²) < 4.78 is 38.2. The number of anilines is 1. The van der Waals surface area contributed by atoms with Gasteiger partial charge in [-0.25, -0.2) is 0 Å². The van der Waals surface area contributed by atoms with E-state index in [-0.39, 0.29) is 11.3 Å². The maximum Gasteiger partial charge on any atom is 0.394 e. The minimum Gasteiger partial charge on any atom is -0.480 e. The summed E-state index contributed by atoms with van der Waals surface area (Å²) in [4.78, 5) is 33.7. The topological polar surface area (TPSA) is 95.5 Å². The molecule has 9 heteroatoms. The van der Waals surface area contributed by atoms with Crippen molar-refractivity contribution in [2.45, 2.75) is 26.4 Å². The molecular weight excluding hydrogens is 329 g/mol. The first-order valence-electron chi connectivity index (χ1n) is 6.89. The predicted octanol–water partition coefficient (Wildman–Crippen LogP) is 2.42. The molecule has 0 unspecified atom stereocenters. The van der Waals surface area contributed by atoms with Gasteiger partial charge in [0.2, 0.25) is 5.91 Å². The first-order chi connectivity index (χ1) is 10.9. The van der Waals surface area contributed by atoms with Gasteiger partial charge < -0.3 is 15.7 Å². The molecule has 0 heterocycles. The van der Waals surface area contributed by atoms with Crippen LogP contribution in [0.5, 0.6) is 0 Å². The van der Waals surface area contributed by atoms with Crippen molar-refractivity contribution in [3.05, 3.63) is 29.8 Å². The Labute approximate surface area is 136 Å². The Bertz CT molecular complexity index is 625. The van der Waals surface area contributed by atoms with Gasteiger partial charge >= 0.3 is 12.1 Å². The Morgan fingerprint density at radius 3 is 2.08 bits per heavy atom. The summed E-state index contributed by atoms with van der Waals surface area (Å²) in [5.41, 5.74) is -1.77. The lowest BCUT2D eigenvalue weighted by Gasteiger charge is -2.26. The van der Waals surface area contributed by atoms with Crippen LogP contribution in [-0.4, -0.2) is 35.6 Å². The third-order valence-electron chi connectivity index (χ3n) is 3.20. The second kappa shape index (κ2) is 7.33. The van der Waals surface area contributed by atoms with Crippen LogP contribution in [0.1, 0.15) is 30.6 Å². The number of benzene rings is 1. The van der Waals surface area contributed by atoms with E-state index in [1.165, 1.54) is 24.3 Å². The minimum atomic E-state index is -4.50. The van der Waals surface area contributed by atoms with Crippen molar-refractivity contribution in [1.82, 2.24) is 5.32 Å². The number of aliphatic carboxylic acids is 1. The Balaban J connectivity index is 2.66. The standard InChI is InChI=1S/C15H17F3N2O4/c1-14(2,15(16,17)18)7-11(21)20-10-5-3-9(4-6-10)13(24)19-8-12(22)23/h3-6H,7-8H2,1-2H3,(H,19,24)(H,20,21)(H,22,23). The number of hydrogen-bond acceptors (Lipinski definition) is 3. The first-order valence-corrected chi connectivity index (χ1v) is 6.89. The summed E-state index contributed by atoms with van der Waals surface area (Å²) in [6.07, 6.45) is -5.24. The van der Waals surface area contributed by atoms with Gasteiger partial charge in [0, 0.05) is 17.7 Å². The van der Waals surface area contributed by atoms with E-state index in [2.05, 4.69) is 10.6 Å². The van der Waals surface area contributed by atoms with E-state index in [0.29, 0.717) is 0 Å². The van der Waals surface area contributed by atoms with Gasteiger partial charge in [-0.05, 0) is 24.3 Å². The molecule has 0 aliphatic carbocycles. The largest absolute Gasteiger partial charge is 0.480 e. The molecule has 0 bridgehead atoms. The minimum absolute atomic E-state index is 0.157. The maximum atomic E-state index is 12.7. The van der Waals surface area contributed by atoms with Gasteiger partial charge in [-0.3, -0.25) is 14.4 Å². The van der Waals surface area contributed by atoms with Crippen molar-refractivity contribution in [1.29, 1.82) is 0 Å². The molecular formula is C15H17F3N2O4. The molecule has 3 N–H and O–H groups in total. The second-order valence-electron chi connectivity index (χ2n) is 5.76. The smallest absolute Gasteiger partial charge is 0.394 e. The number of carbonyl (C=O) groups excluding carboxylic acids is 2. The number of amides is 2. The van der Waals surface area contributed by atoms with Crippen LogP contribution in [0.15, 0.2) is 24.3 Å². The average molecular weight is 346 g/mol. The van der Waals surface area contributed by atoms with Crippen molar-refractivity contribution >= 4 is 23.5 Å². The summed E-state index contributed by atoms with van der Waals surface area (Å²) >= 11 is 0. The number of carbonyl (C=O) groups is 3. The maximum absolute atomic E-state index is 12.7. The average Bonchev–Trinajstić information content (AvgIpc) is 2.43. The number of halogens is 3. The van der Waals surface area contributed by atoms with Crippen LogP contribution in [0.2, 0.25) is 0 Å². The van der Waals surface area contributed by atoms with Crippen LogP contribution >= 0.6 is 0 Å². The van der Waals surface area contributed by atoms with Crippen molar-refractivity contribution in [2.75, 3.05) is 11.9 Å². The quantitative estimate of drug-likeness (QED) is 0.737. The molecule has 0 radical (unpaired) electrons. The van der Waals surface area contributed by atoms with E-state index in [9.17, 15) is 27.6 Å². The Hall–Kier alpha value is -2.58. The highest BCUT2D eigenvalue weighted by Gasteiger charge is 2.48. The van der Waals surface area contributed by atoms with Crippen LogP contribution in [0.4, 0.5) is 18.9 Å². The van der Waals surface area contributed by atoms with Crippen LogP contribution in [0.25, 0.3) is 0 Å². The number of carboxylic acid groups (broad SMARTS) is 1. The fourth-order valence-electron chi connectivity index (χ4n) is 1.67. The lowest BCUT2D eigenvalue weighted by molar-refractivity contribution is -0.213. The number of alkyl halides is 3. The van der Waals surface area contributed by atoms with E-state index in [1.807, 2.05) is 0 Å². The Morgan fingerprint density at radius 1 is 1.08 bits per heavy atom. The Morgan fingerprint density at radius 2 is 1.62 bits per heavy atom. The van der Waals surface area contributed by atoms with E-state index in [4.69, 9.17) is 5.11 Å². The molecule has 132 valence electrons. The first kappa shape index (κ1) is 19.5. The Kier molecular flexibility index (Phi) is 5.94. The zero-order valence-electron chi connectivity index (χ0n) is 13.0. The van der Waals surface area contributed by atoms with Gasteiger partial charge in [-0.1, -0.05) is 13.8 Å². The van der Waals surface area contributed by atoms with Gasteiger partial charge in [0.05, 0.1) is 5.41 Å². The molecule has 2 amide bonds. The summed E-state index contributed by atoms with van der Waals surface area (Å²) in [5, 5.41) is 12.9.